The van der Waals surface area contributed by atoms with Crippen LogP contribution in [0.4, 0.5) is 0 Å². The molecule has 0 saturated heterocycles. The van der Waals surface area contributed by atoms with Gasteiger partial charge >= 0.3 is 11.9 Å². The number of aryl methyl sites for hydroxylation is 1. The van der Waals surface area contributed by atoms with Crippen molar-refractivity contribution in [3.63, 3.8) is 0 Å². The summed E-state index contributed by atoms with van der Waals surface area (Å²) in [5.74, 6) is 0.00153. The van der Waals surface area contributed by atoms with Gasteiger partial charge in [-0.15, -0.1) is 0 Å². The molecule has 0 aromatic heterocycles. The third-order valence-electron chi connectivity index (χ3n) is 5.57. The van der Waals surface area contributed by atoms with Crippen molar-refractivity contribution in [2.75, 3.05) is 0 Å². The summed E-state index contributed by atoms with van der Waals surface area (Å²) in [6.07, 6.45) is 0. The summed E-state index contributed by atoms with van der Waals surface area (Å²) in [6.45, 7) is 1.94. The van der Waals surface area contributed by atoms with E-state index >= 15 is 0 Å². The Morgan fingerprint density at radius 1 is 0.515 bits per heavy atom. The van der Waals surface area contributed by atoms with Crippen molar-refractivity contribution in [1.29, 1.82) is 0 Å². The summed E-state index contributed by atoms with van der Waals surface area (Å²) in [5, 5.41) is 2.82. The van der Waals surface area contributed by atoms with E-state index in [0.717, 1.165) is 10.9 Å². The number of carbonyl (C=O) groups is 2. The summed E-state index contributed by atoms with van der Waals surface area (Å²) in [7, 11) is 0. The molecule has 0 aliphatic heterocycles. The molecule has 0 atom stereocenters. The van der Waals surface area contributed by atoms with Crippen LogP contribution >= 0.6 is 0 Å². The average Bonchev–Trinajstić information content (AvgIpc) is 2.87. The molecule has 4 nitrogen and oxygen atoms in total. The highest BCUT2D eigenvalue weighted by molar-refractivity contribution is 6.14. The molecule has 0 N–H and O–H groups in total. The summed E-state index contributed by atoms with van der Waals surface area (Å²) >= 11 is 0. The van der Waals surface area contributed by atoms with Crippen LogP contribution in [0.3, 0.4) is 0 Å². The lowest BCUT2D eigenvalue weighted by atomic mass is 9.97. The molecular weight excluding hydrogens is 412 g/mol. The molecule has 0 heterocycles. The molecule has 0 aliphatic carbocycles. The van der Waals surface area contributed by atoms with E-state index in [-0.39, 0.29) is 0 Å². The van der Waals surface area contributed by atoms with Crippen LogP contribution in [0.5, 0.6) is 11.5 Å². The van der Waals surface area contributed by atoms with Crippen molar-refractivity contribution in [2.45, 2.75) is 6.92 Å². The zero-order valence-corrected chi connectivity index (χ0v) is 17.9. The maximum absolute atomic E-state index is 13.0. The second-order valence-electron chi connectivity index (χ2n) is 7.71. The second kappa shape index (κ2) is 8.60. The van der Waals surface area contributed by atoms with Gasteiger partial charge in [0, 0.05) is 21.5 Å². The molecule has 0 radical (unpaired) electrons. The van der Waals surface area contributed by atoms with Gasteiger partial charge in [0.25, 0.3) is 0 Å². The average molecular weight is 432 g/mol. The van der Waals surface area contributed by atoms with E-state index in [4.69, 9.17) is 9.47 Å². The Kier molecular flexibility index (Phi) is 5.33. The van der Waals surface area contributed by atoms with Crippen molar-refractivity contribution in [1.82, 2.24) is 0 Å². The van der Waals surface area contributed by atoms with Crippen LogP contribution in [0.15, 0.2) is 103 Å². The predicted octanol–water partition coefficient (Wildman–Crippen LogP) is 6.74. The van der Waals surface area contributed by atoms with Gasteiger partial charge in [0.1, 0.15) is 11.5 Å². The fraction of sp³-hybridized carbons (Fsp3) is 0.0345. The van der Waals surface area contributed by atoms with Gasteiger partial charge in [-0.2, -0.15) is 0 Å². The van der Waals surface area contributed by atoms with E-state index in [1.807, 2.05) is 61.5 Å². The first-order valence-corrected chi connectivity index (χ1v) is 10.6. The fourth-order valence-corrected chi connectivity index (χ4v) is 3.98. The lowest BCUT2D eigenvalue weighted by Crippen LogP contribution is -2.11. The highest BCUT2D eigenvalue weighted by Gasteiger charge is 2.22. The zero-order chi connectivity index (χ0) is 22.8. The number of benzene rings is 5. The molecule has 0 amide bonds. The minimum absolute atomic E-state index is 0.442. The molecule has 0 aliphatic rings. The topological polar surface area (TPSA) is 52.6 Å². The van der Waals surface area contributed by atoms with Crippen LogP contribution in [0.25, 0.3) is 21.5 Å². The Morgan fingerprint density at radius 2 is 0.970 bits per heavy atom. The Morgan fingerprint density at radius 3 is 1.55 bits per heavy atom. The van der Waals surface area contributed by atoms with Gasteiger partial charge in [-0.3, -0.25) is 0 Å². The molecule has 33 heavy (non-hydrogen) atoms. The summed E-state index contributed by atoms with van der Waals surface area (Å²) < 4.78 is 11.9. The van der Waals surface area contributed by atoms with Crippen LogP contribution in [0, 0.1) is 6.92 Å². The van der Waals surface area contributed by atoms with Crippen LogP contribution in [-0.2, 0) is 0 Å². The van der Waals surface area contributed by atoms with Crippen molar-refractivity contribution in [2.24, 2.45) is 0 Å². The Hall–Kier alpha value is -4.44. The van der Waals surface area contributed by atoms with E-state index in [1.165, 1.54) is 0 Å². The molecule has 160 valence electrons. The van der Waals surface area contributed by atoms with E-state index in [0.29, 0.717) is 38.8 Å². The van der Waals surface area contributed by atoms with Gasteiger partial charge in [0.05, 0.1) is 11.1 Å². The first kappa shape index (κ1) is 20.5. The lowest BCUT2D eigenvalue weighted by Gasteiger charge is -2.17. The molecule has 0 spiro atoms. The normalized spacial score (nSPS) is 10.8. The highest BCUT2D eigenvalue weighted by Crippen LogP contribution is 2.44. The summed E-state index contributed by atoms with van der Waals surface area (Å²) in [5.41, 5.74) is 1.83. The zero-order valence-electron chi connectivity index (χ0n) is 17.9. The molecule has 0 saturated carbocycles. The second-order valence-corrected chi connectivity index (χ2v) is 7.71. The van der Waals surface area contributed by atoms with Crippen molar-refractivity contribution in [3.8, 4) is 11.5 Å². The standard InChI is InChI=1S/C29H20O4/c1-19-11-10-18-24-25(19)27(33-29(31)21-14-6-3-7-15-21)23-17-9-8-16-22(23)26(24)32-28(30)20-12-4-2-5-13-20/h2-18H,1H3. The first-order valence-electron chi connectivity index (χ1n) is 10.6. The van der Waals surface area contributed by atoms with Crippen LogP contribution < -0.4 is 9.47 Å². The van der Waals surface area contributed by atoms with E-state index in [9.17, 15) is 9.59 Å². The lowest BCUT2D eigenvalue weighted by molar-refractivity contribution is 0.0726. The van der Waals surface area contributed by atoms with Gasteiger partial charge in [-0.25, -0.2) is 9.59 Å². The largest absolute Gasteiger partial charge is 0.422 e. The van der Waals surface area contributed by atoms with Gasteiger partial charge in [-0.05, 0) is 36.8 Å². The van der Waals surface area contributed by atoms with Crippen molar-refractivity contribution >= 4 is 33.5 Å². The van der Waals surface area contributed by atoms with E-state index < -0.39 is 11.9 Å². The number of hydrogen-bond acceptors (Lipinski definition) is 4. The number of esters is 2. The Bertz CT molecular complexity index is 1490. The molecule has 0 bridgehead atoms. The maximum Gasteiger partial charge on any atom is 0.343 e. The molecule has 5 rings (SSSR count). The van der Waals surface area contributed by atoms with E-state index in [1.54, 1.807) is 48.5 Å². The third kappa shape index (κ3) is 3.83. The monoisotopic (exact) mass is 432 g/mol. The first-order chi connectivity index (χ1) is 16.1. The van der Waals surface area contributed by atoms with Crippen LogP contribution in [0.1, 0.15) is 26.3 Å². The van der Waals surface area contributed by atoms with Gasteiger partial charge in [0.2, 0.25) is 0 Å². The van der Waals surface area contributed by atoms with Gasteiger partial charge in [-0.1, -0.05) is 78.9 Å². The predicted molar refractivity (Wildman–Crippen MR) is 129 cm³/mol. The molecule has 5 aromatic carbocycles. The minimum atomic E-state index is -0.447. The third-order valence-corrected chi connectivity index (χ3v) is 5.57. The smallest absolute Gasteiger partial charge is 0.343 e. The van der Waals surface area contributed by atoms with Crippen molar-refractivity contribution < 1.29 is 19.1 Å². The number of rotatable bonds is 4. The highest BCUT2D eigenvalue weighted by atomic mass is 16.5. The van der Waals surface area contributed by atoms with Gasteiger partial charge < -0.3 is 9.47 Å². The fourth-order valence-electron chi connectivity index (χ4n) is 3.98. The molecule has 0 unspecified atom stereocenters. The van der Waals surface area contributed by atoms with Crippen LogP contribution in [-0.4, -0.2) is 11.9 Å². The molecule has 5 aromatic rings. The van der Waals surface area contributed by atoms with Crippen LogP contribution in [0.2, 0.25) is 0 Å². The number of ether oxygens (including phenoxy) is 2. The molecular formula is C29H20O4. The molecule has 4 heteroatoms. The summed E-state index contributed by atoms with van der Waals surface area (Å²) in [4.78, 5) is 25.9. The van der Waals surface area contributed by atoms with Crippen molar-refractivity contribution in [3.05, 3.63) is 120 Å². The quantitative estimate of drug-likeness (QED) is 0.179. The maximum atomic E-state index is 13.0. The van der Waals surface area contributed by atoms with E-state index in [2.05, 4.69) is 0 Å². The molecule has 0 fully saturated rings. The Balaban J connectivity index is 1.71. The van der Waals surface area contributed by atoms with Gasteiger partial charge in [0.15, 0.2) is 0 Å². The number of hydrogen-bond donors (Lipinski definition) is 0. The summed E-state index contributed by atoms with van der Waals surface area (Å²) in [6, 6.07) is 30.9. The number of carbonyl (C=O) groups excluding carboxylic acids is 2. The number of fused-ring (bicyclic) bond motifs is 2. The minimum Gasteiger partial charge on any atom is -0.422 e. The SMILES string of the molecule is Cc1cccc2c(OC(=O)c3ccccc3)c3ccccc3c(OC(=O)c3ccccc3)c12. The Labute approximate surface area is 191 Å².